The molecule has 1 fully saturated rings. The molecule has 2 aromatic carbocycles. The van der Waals surface area contributed by atoms with Crippen LogP contribution in [0.25, 0.3) is 0 Å². The van der Waals surface area contributed by atoms with E-state index in [1.807, 2.05) is 32.0 Å². The fraction of sp³-hybridized carbons (Fsp3) is 0.455. The van der Waals surface area contributed by atoms with Gasteiger partial charge in [-0.05, 0) is 62.2 Å². The Morgan fingerprint density at radius 2 is 1.74 bits per heavy atom. The molecular formula is C22H29FN2O2. The molecule has 1 heterocycles. The lowest BCUT2D eigenvalue weighted by atomic mass is 9.96. The third-order valence-corrected chi connectivity index (χ3v) is 4.79. The lowest BCUT2D eigenvalue weighted by Crippen LogP contribution is -2.33. The van der Waals surface area contributed by atoms with Crippen LogP contribution in [0.5, 0.6) is 11.5 Å². The first-order valence-electron chi connectivity index (χ1n) is 9.82. The third kappa shape index (κ3) is 4.99. The van der Waals surface area contributed by atoms with E-state index < -0.39 is 0 Å². The largest absolute Gasteiger partial charge is 0.490 e. The second-order valence-corrected chi connectivity index (χ2v) is 6.67. The summed E-state index contributed by atoms with van der Waals surface area (Å²) in [5.74, 6) is 1.28. The quantitative estimate of drug-likeness (QED) is 0.796. The molecule has 3 rings (SSSR count). The Labute approximate surface area is 161 Å². The van der Waals surface area contributed by atoms with Crippen molar-refractivity contribution in [1.29, 1.82) is 0 Å². The molecule has 0 amide bonds. The molecule has 4 nitrogen and oxygen atoms in total. The number of rotatable bonds is 7. The van der Waals surface area contributed by atoms with Gasteiger partial charge in [-0.25, -0.2) is 4.39 Å². The van der Waals surface area contributed by atoms with Gasteiger partial charge >= 0.3 is 0 Å². The Morgan fingerprint density at radius 3 is 2.52 bits per heavy atom. The van der Waals surface area contributed by atoms with E-state index in [1.165, 1.54) is 6.07 Å². The number of ether oxygens (including phenoxy) is 2. The highest BCUT2D eigenvalue weighted by atomic mass is 19.1. The molecule has 146 valence electrons. The third-order valence-electron chi connectivity index (χ3n) is 4.79. The van der Waals surface area contributed by atoms with Crippen LogP contribution in [0.1, 0.15) is 37.4 Å². The van der Waals surface area contributed by atoms with Crippen molar-refractivity contribution in [2.75, 3.05) is 39.4 Å². The van der Waals surface area contributed by atoms with Crippen LogP contribution in [0.2, 0.25) is 0 Å². The molecule has 1 saturated heterocycles. The van der Waals surface area contributed by atoms with Crippen molar-refractivity contribution in [2.24, 2.45) is 0 Å². The first kappa shape index (κ1) is 19.6. The zero-order valence-corrected chi connectivity index (χ0v) is 16.2. The minimum absolute atomic E-state index is 0.0181. The summed E-state index contributed by atoms with van der Waals surface area (Å²) < 4.78 is 25.5. The molecule has 0 aromatic heterocycles. The van der Waals surface area contributed by atoms with E-state index in [9.17, 15) is 4.39 Å². The molecule has 0 spiro atoms. The number of nitrogens with one attached hydrogen (secondary N) is 1. The van der Waals surface area contributed by atoms with Gasteiger partial charge in [0, 0.05) is 19.6 Å². The molecule has 27 heavy (non-hydrogen) atoms. The minimum atomic E-state index is -0.207. The first-order chi connectivity index (χ1) is 13.2. The van der Waals surface area contributed by atoms with Gasteiger partial charge in [-0.2, -0.15) is 0 Å². The number of hydrogen-bond acceptors (Lipinski definition) is 4. The normalized spacial score (nSPS) is 16.6. The molecule has 0 radical (unpaired) electrons. The fourth-order valence-corrected chi connectivity index (χ4v) is 3.65. The van der Waals surface area contributed by atoms with Crippen molar-refractivity contribution in [1.82, 2.24) is 10.2 Å². The van der Waals surface area contributed by atoms with Crippen molar-refractivity contribution in [2.45, 2.75) is 26.3 Å². The number of halogens is 1. The highest BCUT2D eigenvalue weighted by Crippen LogP contribution is 2.36. The maximum absolute atomic E-state index is 14.0. The molecule has 2 aromatic rings. The SMILES string of the molecule is CCOc1ccc(C(c2cccc(F)c2)N2CCCNCC2)cc1OCC. The topological polar surface area (TPSA) is 33.7 Å². The molecule has 0 bridgehead atoms. The highest BCUT2D eigenvalue weighted by molar-refractivity contribution is 5.46. The van der Waals surface area contributed by atoms with Crippen LogP contribution in [0.4, 0.5) is 4.39 Å². The van der Waals surface area contributed by atoms with E-state index in [4.69, 9.17) is 9.47 Å². The summed E-state index contributed by atoms with van der Waals surface area (Å²) in [7, 11) is 0. The van der Waals surface area contributed by atoms with E-state index in [0.29, 0.717) is 13.2 Å². The first-order valence-corrected chi connectivity index (χ1v) is 9.82. The van der Waals surface area contributed by atoms with Gasteiger partial charge in [-0.1, -0.05) is 18.2 Å². The van der Waals surface area contributed by atoms with Crippen molar-refractivity contribution in [3.8, 4) is 11.5 Å². The zero-order valence-electron chi connectivity index (χ0n) is 16.2. The molecule has 1 N–H and O–H groups in total. The Balaban J connectivity index is 2.02. The Bertz CT molecular complexity index is 730. The molecule has 1 aliphatic rings. The van der Waals surface area contributed by atoms with Gasteiger partial charge in [0.1, 0.15) is 5.82 Å². The average molecular weight is 372 g/mol. The van der Waals surface area contributed by atoms with E-state index >= 15 is 0 Å². The molecular weight excluding hydrogens is 343 g/mol. The smallest absolute Gasteiger partial charge is 0.161 e. The standard InChI is InChI=1S/C22H29FN2O2/c1-3-26-20-10-9-18(16-21(20)27-4-2)22(17-7-5-8-19(23)15-17)25-13-6-11-24-12-14-25/h5,7-10,15-16,22,24H,3-4,6,11-14H2,1-2H3. The molecule has 0 saturated carbocycles. The summed E-state index contributed by atoms with van der Waals surface area (Å²) in [5, 5.41) is 3.44. The molecule has 1 aliphatic heterocycles. The maximum atomic E-state index is 14.0. The van der Waals surface area contributed by atoms with Gasteiger partial charge in [0.2, 0.25) is 0 Å². The van der Waals surface area contributed by atoms with Gasteiger partial charge in [-0.3, -0.25) is 4.90 Å². The summed E-state index contributed by atoms with van der Waals surface area (Å²) >= 11 is 0. The van der Waals surface area contributed by atoms with Gasteiger partial charge in [0.25, 0.3) is 0 Å². The van der Waals surface area contributed by atoms with Crippen LogP contribution in [-0.4, -0.2) is 44.3 Å². The molecule has 1 atom stereocenters. The molecule has 0 aliphatic carbocycles. The maximum Gasteiger partial charge on any atom is 0.161 e. The van der Waals surface area contributed by atoms with Crippen LogP contribution < -0.4 is 14.8 Å². The second-order valence-electron chi connectivity index (χ2n) is 6.67. The summed E-state index contributed by atoms with van der Waals surface area (Å²) in [4.78, 5) is 2.42. The number of hydrogen-bond donors (Lipinski definition) is 1. The Kier molecular flexibility index (Phi) is 7.07. The lowest BCUT2D eigenvalue weighted by molar-refractivity contribution is 0.239. The summed E-state index contributed by atoms with van der Waals surface area (Å²) in [5.41, 5.74) is 2.05. The Morgan fingerprint density at radius 1 is 0.963 bits per heavy atom. The number of benzene rings is 2. The lowest BCUT2D eigenvalue weighted by Gasteiger charge is -2.31. The van der Waals surface area contributed by atoms with Crippen molar-refractivity contribution in [3.05, 3.63) is 59.4 Å². The van der Waals surface area contributed by atoms with Gasteiger partial charge in [0.15, 0.2) is 11.5 Å². The van der Waals surface area contributed by atoms with E-state index in [0.717, 1.165) is 55.2 Å². The molecule has 5 heteroatoms. The van der Waals surface area contributed by atoms with Crippen molar-refractivity contribution >= 4 is 0 Å². The summed E-state index contributed by atoms with van der Waals surface area (Å²) in [6, 6.07) is 13.0. The van der Waals surface area contributed by atoms with Crippen molar-refractivity contribution < 1.29 is 13.9 Å². The number of nitrogens with zero attached hydrogens (tertiary/aromatic N) is 1. The summed E-state index contributed by atoms with van der Waals surface area (Å²) in [6.07, 6.45) is 1.07. The predicted octanol–water partition coefficient (Wildman–Crippen LogP) is 4.01. The van der Waals surface area contributed by atoms with Crippen LogP contribution in [0, 0.1) is 5.82 Å². The van der Waals surface area contributed by atoms with Crippen LogP contribution in [-0.2, 0) is 0 Å². The van der Waals surface area contributed by atoms with E-state index in [2.05, 4.69) is 16.3 Å². The predicted molar refractivity (Wildman–Crippen MR) is 106 cm³/mol. The average Bonchev–Trinajstić information content (AvgIpc) is 2.94. The zero-order chi connectivity index (χ0) is 19.1. The van der Waals surface area contributed by atoms with Crippen LogP contribution in [0.15, 0.2) is 42.5 Å². The van der Waals surface area contributed by atoms with Crippen LogP contribution in [0.3, 0.4) is 0 Å². The molecule has 1 unspecified atom stereocenters. The van der Waals surface area contributed by atoms with Crippen LogP contribution >= 0.6 is 0 Å². The fourth-order valence-electron chi connectivity index (χ4n) is 3.65. The summed E-state index contributed by atoms with van der Waals surface area (Å²) in [6.45, 7) is 8.91. The van der Waals surface area contributed by atoms with E-state index in [1.54, 1.807) is 12.1 Å². The minimum Gasteiger partial charge on any atom is -0.490 e. The van der Waals surface area contributed by atoms with Crippen molar-refractivity contribution in [3.63, 3.8) is 0 Å². The van der Waals surface area contributed by atoms with Gasteiger partial charge < -0.3 is 14.8 Å². The monoisotopic (exact) mass is 372 g/mol. The van der Waals surface area contributed by atoms with Gasteiger partial charge in [0.05, 0.1) is 19.3 Å². The van der Waals surface area contributed by atoms with Gasteiger partial charge in [-0.15, -0.1) is 0 Å². The Hall–Kier alpha value is -2.11. The van der Waals surface area contributed by atoms with E-state index in [-0.39, 0.29) is 11.9 Å². The highest BCUT2D eigenvalue weighted by Gasteiger charge is 2.25. The second kappa shape index (κ2) is 9.72.